The lowest BCUT2D eigenvalue weighted by atomic mass is 10.2. The number of ether oxygens (including phenoxy) is 1. The Morgan fingerprint density at radius 1 is 0.960 bits per heavy atom. The van der Waals surface area contributed by atoms with Crippen LogP contribution in [0.15, 0.2) is 54.6 Å². The topological polar surface area (TPSA) is 35.9 Å². The molecule has 134 valence electrons. The summed E-state index contributed by atoms with van der Waals surface area (Å²) in [5.74, 6) is 1.18. The molecular formula is C20H25ClN2O2. The second-order valence-electron chi connectivity index (χ2n) is 6.36. The Morgan fingerprint density at radius 2 is 1.64 bits per heavy atom. The molecule has 1 aliphatic rings. The molecule has 1 fully saturated rings. The maximum Gasteiger partial charge on any atom is 0.119 e. The van der Waals surface area contributed by atoms with Gasteiger partial charge >= 0.3 is 0 Å². The number of piperazine rings is 1. The van der Waals surface area contributed by atoms with Gasteiger partial charge in [-0.05, 0) is 29.8 Å². The first-order valence-corrected chi connectivity index (χ1v) is 9.26. The van der Waals surface area contributed by atoms with Crippen LogP contribution < -0.4 is 9.64 Å². The molecule has 25 heavy (non-hydrogen) atoms. The minimum atomic E-state index is -0.436. The number of anilines is 1. The molecule has 0 aliphatic carbocycles. The fourth-order valence-corrected chi connectivity index (χ4v) is 3.13. The standard InChI is InChI=1S/C20H25ClN2O2/c21-14-19(24)15-22-10-12-23(13-11-22)18-6-8-20(9-7-18)25-16-17-4-2-1-3-5-17/h1-9,19,24H,10-16H2. The predicted molar refractivity (Wildman–Crippen MR) is 103 cm³/mol. The van der Waals surface area contributed by atoms with E-state index in [2.05, 4.69) is 34.1 Å². The van der Waals surface area contributed by atoms with E-state index in [1.165, 1.54) is 11.3 Å². The van der Waals surface area contributed by atoms with Crippen molar-refractivity contribution in [2.24, 2.45) is 0 Å². The highest BCUT2D eigenvalue weighted by molar-refractivity contribution is 6.18. The van der Waals surface area contributed by atoms with Gasteiger partial charge in [0.05, 0.1) is 6.10 Å². The number of halogens is 1. The second kappa shape index (κ2) is 9.09. The van der Waals surface area contributed by atoms with Crippen molar-refractivity contribution in [3.05, 3.63) is 60.2 Å². The third-order valence-electron chi connectivity index (χ3n) is 4.47. The normalized spacial score (nSPS) is 16.6. The van der Waals surface area contributed by atoms with E-state index in [9.17, 15) is 5.11 Å². The number of aliphatic hydroxyl groups excluding tert-OH is 1. The highest BCUT2D eigenvalue weighted by atomic mass is 35.5. The van der Waals surface area contributed by atoms with E-state index < -0.39 is 6.10 Å². The monoisotopic (exact) mass is 360 g/mol. The molecule has 1 N–H and O–H groups in total. The zero-order valence-corrected chi connectivity index (χ0v) is 15.1. The first-order chi connectivity index (χ1) is 12.2. The lowest BCUT2D eigenvalue weighted by molar-refractivity contribution is 0.125. The molecule has 4 nitrogen and oxygen atoms in total. The zero-order chi connectivity index (χ0) is 17.5. The van der Waals surface area contributed by atoms with Crippen molar-refractivity contribution in [2.45, 2.75) is 12.7 Å². The summed E-state index contributed by atoms with van der Waals surface area (Å²) in [4.78, 5) is 4.63. The van der Waals surface area contributed by atoms with Gasteiger partial charge < -0.3 is 14.7 Å². The summed E-state index contributed by atoms with van der Waals surface area (Å²) in [6.45, 7) is 5.05. The number of alkyl halides is 1. The van der Waals surface area contributed by atoms with Crippen molar-refractivity contribution < 1.29 is 9.84 Å². The smallest absolute Gasteiger partial charge is 0.119 e. The van der Waals surface area contributed by atoms with Crippen molar-refractivity contribution in [2.75, 3.05) is 43.5 Å². The van der Waals surface area contributed by atoms with E-state index in [4.69, 9.17) is 16.3 Å². The van der Waals surface area contributed by atoms with Crippen LogP contribution in [0.3, 0.4) is 0 Å². The lowest BCUT2D eigenvalue weighted by Crippen LogP contribution is -2.48. The average Bonchev–Trinajstić information content (AvgIpc) is 2.68. The van der Waals surface area contributed by atoms with Gasteiger partial charge in [-0.15, -0.1) is 11.6 Å². The molecule has 0 spiro atoms. The zero-order valence-electron chi connectivity index (χ0n) is 14.4. The van der Waals surface area contributed by atoms with Crippen LogP contribution in [0.25, 0.3) is 0 Å². The van der Waals surface area contributed by atoms with E-state index in [0.29, 0.717) is 19.0 Å². The van der Waals surface area contributed by atoms with Gasteiger partial charge in [0, 0.05) is 44.3 Å². The van der Waals surface area contributed by atoms with Crippen molar-refractivity contribution >= 4 is 17.3 Å². The fourth-order valence-electron chi connectivity index (χ4n) is 3.03. The number of nitrogens with zero attached hydrogens (tertiary/aromatic N) is 2. The summed E-state index contributed by atoms with van der Waals surface area (Å²) in [6.07, 6.45) is -0.436. The number of β-amino-alcohol motifs (C(OH)–C–C–N with tert-alkyl or cyclic N) is 1. The van der Waals surface area contributed by atoms with Crippen molar-refractivity contribution in [1.82, 2.24) is 4.90 Å². The number of benzene rings is 2. The highest BCUT2D eigenvalue weighted by Gasteiger charge is 2.19. The molecular weight excluding hydrogens is 336 g/mol. The second-order valence-corrected chi connectivity index (χ2v) is 6.67. The van der Waals surface area contributed by atoms with Gasteiger partial charge in [-0.1, -0.05) is 30.3 Å². The largest absolute Gasteiger partial charge is 0.489 e. The van der Waals surface area contributed by atoms with Gasteiger partial charge in [0.1, 0.15) is 12.4 Å². The number of aliphatic hydroxyl groups is 1. The summed E-state index contributed by atoms with van der Waals surface area (Å²) in [6, 6.07) is 18.5. The molecule has 0 bridgehead atoms. The van der Waals surface area contributed by atoms with Crippen LogP contribution in [0, 0.1) is 0 Å². The minimum absolute atomic E-state index is 0.296. The Balaban J connectivity index is 1.48. The summed E-state index contributed by atoms with van der Waals surface area (Å²) >= 11 is 5.68. The first kappa shape index (κ1) is 18.1. The molecule has 0 aromatic heterocycles. The number of hydrogen-bond donors (Lipinski definition) is 1. The number of rotatable bonds is 7. The molecule has 0 saturated carbocycles. The summed E-state index contributed by atoms with van der Waals surface area (Å²) in [5.41, 5.74) is 2.38. The summed E-state index contributed by atoms with van der Waals surface area (Å²) in [7, 11) is 0. The highest BCUT2D eigenvalue weighted by Crippen LogP contribution is 2.21. The van der Waals surface area contributed by atoms with Crippen LogP contribution in [-0.4, -0.2) is 54.7 Å². The van der Waals surface area contributed by atoms with E-state index in [1.807, 2.05) is 30.3 Å². The van der Waals surface area contributed by atoms with Crippen molar-refractivity contribution in [1.29, 1.82) is 0 Å². The van der Waals surface area contributed by atoms with Gasteiger partial charge in [-0.3, -0.25) is 4.90 Å². The van der Waals surface area contributed by atoms with Gasteiger partial charge in [0.2, 0.25) is 0 Å². The van der Waals surface area contributed by atoms with Crippen LogP contribution in [0.5, 0.6) is 5.75 Å². The maximum absolute atomic E-state index is 9.66. The molecule has 0 amide bonds. The molecule has 5 heteroatoms. The van der Waals surface area contributed by atoms with Crippen molar-refractivity contribution in [3.63, 3.8) is 0 Å². The summed E-state index contributed by atoms with van der Waals surface area (Å²) in [5, 5.41) is 9.66. The molecule has 1 unspecified atom stereocenters. The number of hydrogen-bond acceptors (Lipinski definition) is 4. The third kappa shape index (κ3) is 5.36. The van der Waals surface area contributed by atoms with E-state index in [-0.39, 0.29) is 0 Å². The van der Waals surface area contributed by atoms with Crippen LogP contribution in [0.4, 0.5) is 5.69 Å². The van der Waals surface area contributed by atoms with Crippen LogP contribution in [0.1, 0.15) is 5.56 Å². The fraction of sp³-hybridized carbons (Fsp3) is 0.400. The molecule has 1 atom stereocenters. The molecule has 1 saturated heterocycles. The predicted octanol–water partition coefficient (Wildman–Crippen LogP) is 2.99. The van der Waals surface area contributed by atoms with Crippen LogP contribution >= 0.6 is 11.6 Å². The van der Waals surface area contributed by atoms with Gasteiger partial charge in [-0.2, -0.15) is 0 Å². The molecule has 3 rings (SSSR count). The Morgan fingerprint density at radius 3 is 2.28 bits per heavy atom. The average molecular weight is 361 g/mol. The van der Waals surface area contributed by atoms with Crippen LogP contribution in [-0.2, 0) is 6.61 Å². The Hall–Kier alpha value is -1.75. The van der Waals surface area contributed by atoms with Crippen molar-refractivity contribution in [3.8, 4) is 5.75 Å². The SMILES string of the molecule is OC(CCl)CN1CCN(c2ccc(OCc3ccccc3)cc2)CC1. The molecule has 1 aliphatic heterocycles. The quantitative estimate of drug-likeness (QED) is 0.770. The Kier molecular flexibility index (Phi) is 6.56. The maximum atomic E-state index is 9.66. The van der Waals surface area contributed by atoms with E-state index in [1.54, 1.807) is 0 Å². The Bertz CT molecular complexity index is 628. The van der Waals surface area contributed by atoms with Gasteiger partial charge in [-0.25, -0.2) is 0 Å². The van der Waals surface area contributed by atoms with Gasteiger partial charge in [0.25, 0.3) is 0 Å². The van der Waals surface area contributed by atoms with Crippen LogP contribution in [0.2, 0.25) is 0 Å². The molecule has 0 radical (unpaired) electrons. The summed E-state index contributed by atoms with van der Waals surface area (Å²) < 4.78 is 5.84. The molecule has 1 heterocycles. The lowest BCUT2D eigenvalue weighted by Gasteiger charge is -2.36. The minimum Gasteiger partial charge on any atom is -0.489 e. The third-order valence-corrected chi connectivity index (χ3v) is 4.83. The van der Waals surface area contributed by atoms with E-state index in [0.717, 1.165) is 31.9 Å². The molecule has 2 aromatic rings. The van der Waals surface area contributed by atoms with Gasteiger partial charge in [0.15, 0.2) is 0 Å². The first-order valence-electron chi connectivity index (χ1n) is 8.73. The van der Waals surface area contributed by atoms with E-state index >= 15 is 0 Å². The molecule has 2 aromatic carbocycles. The Labute approximate surface area is 154 Å².